The van der Waals surface area contributed by atoms with Crippen molar-refractivity contribution < 1.29 is 10.1 Å². The highest BCUT2D eigenvalue weighted by atomic mass is 16.7. The molecule has 0 aliphatic carbocycles. The third kappa shape index (κ3) is 6.50. The number of hydrazone groups is 1. The van der Waals surface area contributed by atoms with Crippen molar-refractivity contribution in [3.8, 4) is 0 Å². The van der Waals surface area contributed by atoms with Gasteiger partial charge in [-0.1, -0.05) is 5.43 Å². The summed E-state index contributed by atoms with van der Waals surface area (Å²) in [7, 11) is 1.49. The van der Waals surface area contributed by atoms with Crippen molar-refractivity contribution >= 4 is 11.9 Å². The molecule has 0 atom stereocenters. The molecule has 0 amide bonds. The summed E-state index contributed by atoms with van der Waals surface area (Å²) in [5, 5.41) is 20.8. The third-order valence-corrected chi connectivity index (χ3v) is 0.836. The molecule has 0 spiro atoms. The fourth-order valence-electron chi connectivity index (χ4n) is 0.387. The van der Waals surface area contributed by atoms with Crippen molar-refractivity contribution in [2.45, 2.75) is 0 Å². The highest BCUT2D eigenvalue weighted by molar-refractivity contribution is 5.68. The smallest absolute Gasteiger partial charge is 0.296 e. The summed E-state index contributed by atoms with van der Waals surface area (Å²) in [5.41, 5.74) is 12.3. The number of guanidine groups is 1. The summed E-state index contributed by atoms with van der Waals surface area (Å²) in [6, 6.07) is 0. The van der Waals surface area contributed by atoms with Gasteiger partial charge < -0.3 is 0 Å². The number of aryl methyl sites for hydroxylation is 1. The number of tetrazole rings is 1. The molecule has 84 valence electrons. The first-order valence-electron chi connectivity index (χ1n) is 3.40. The lowest BCUT2D eigenvalue weighted by molar-refractivity contribution is -0.471. The second-order valence-electron chi connectivity index (χ2n) is 2.02. The van der Waals surface area contributed by atoms with Gasteiger partial charge in [-0.2, -0.15) is 5.10 Å². The SMILES string of the molecule is Cn1nnc([N-][N+](=O)[O-])n1.N[NH+]=C(N)N. The van der Waals surface area contributed by atoms with Crippen molar-refractivity contribution in [2.75, 3.05) is 0 Å². The van der Waals surface area contributed by atoms with Gasteiger partial charge in [0.05, 0.1) is 0 Å². The number of hydrazine groups is 1. The zero-order chi connectivity index (χ0) is 11.8. The molecule has 12 nitrogen and oxygen atoms in total. The minimum absolute atomic E-state index is 0.0324. The molecule has 12 heteroatoms. The molecular formula is C3H10N10O2. The van der Waals surface area contributed by atoms with Crippen LogP contribution in [0.4, 0.5) is 5.95 Å². The summed E-state index contributed by atoms with van der Waals surface area (Å²) < 4.78 is 0. The third-order valence-electron chi connectivity index (χ3n) is 0.836. The van der Waals surface area contributed by atoms with Crippen molar-refractivity contribution in [3.05, 3.63) is 15.5 Å². The fourth-order valence-corrected chi connectivity index (χ4v) is 0.387. The topological polar surface area (TPSA) is 193 Å². The summed E-state index contributed by atoms with van der Waals surface area (Å²) in [6.07, 6.45) is 0. The zero-order valence-electron chi connectivity index (χ0n) is 7.73. The van der Waals surface area contributed by atoms with Crippen LogP contribution in [-0.4, -0.2) is 31.2 Å². The van der Waals surface area contributed by atoms with Crippen LogP contribution < -0.4 is 22.4 Å². The standard InChI is InChI=1S/C2H3N6O2.CH6N4/c1-7-4-2(3-6-7)5-8(9)10;2-1(3)5-4/h1H3;4H2,(H4,2,3,5)/q-1;/p+1. The second-order valence-corrected chi connectivity index (χ2v) is 2.02. The molecule has 0 unspecified atom stereocenters. The van der Waals surface area contributed by atoms with Crippen LogP contribution in [0, 0.1) is 10.1 Å². The molecule has 1 heterocycles. The molecule has 0 radical (unpaired) electrons. The van der Waals surface area contributed by atoms with E-state index in [0.29, 0.717) is 0 Å². The Hall–Kier alpha value is -2.66. The Morgan fingerprint density at radius 3 is 2.47 bits per heavy atom. The average molecular weight is 218 g/mol. The Morgan fingerprint density at radius 1 is 1.67 bits per heavy atom. The van der Waals surface area contributed by atoms with Gasteiger partial charge >= 0.3 is 5.96 Å². The van der Waals surface area contributed by atoms with Crippen LogP contribution in [0.3, 0.4) is 0 Å². The number of nitro groups is 1. The molecule has 0 bridgehead atoms. The number of hydrogen-bond acceptors (Lipinski definition) is 6. The molecule has 0 aromatic carbocycles. The molecule has 0 aliphatic rings. The Balaban J connectivity index is 0.000000336. The molecule has 15 heavy (non-hydrogen) atoms. The minimum Gasteiger partial charge on any atom is -0.296 e. The normalized spacial score (nSPS) is 8.33. The lowest BCUT2D eigenvalue weighted by Crippen LogP contribution is -2.84. The van der Waals surface area contributed by atoms with Gasteiger partial charge in [0.25, 0.3) is 0 Å². The lowest BCUT2D eigenvalue weighted by atomic mass is 11.1. The maximum absolute atomic E-state index is 9.70. The maximum Gasteiger partial charge on any atom is 0.360 e. The van der Waals surface area contributed by atoms with Crippen LogP contribution in [0.5, 0.6) is 0 Å². The largest absolute Gasteiger partial charge is 0.360 e. The van der Waals surface area contributed by atoms with E-state index in [9.17, 15) is 10.1 Å². The monoisotopic (exact) mass is 218 g/mol. The number of aromatic nitrogens is 4. The minimum atomic E-state index is -0.878. The van der Waals surface area contributed by atoms with Gasteiger partial charge in [-0.05, 0) is 0 Å². The highest BCUT2D eigenvalue weighted by Gasteiger charge is 1.93. The van der Waals surface area contributed by atoms with E-state index >= 15 is 0 Å². The number of hydrogen-bond donors (Lipinski definition) is 4. The Kier molecular flexibility index (Phi) is 4.85. The molecule has 0 saturated carbocycles. The Labute approximate surface area is 83.2 Å². The quantitative estimate of drug-likeness (QED) is 0.125. The molecule has 0 aliphatic heterocycles. The maximum atomic E-state index is 9.70. The van der Waals surface area contributed by atoms with Crippen molar-refractivity contribution in [1.29, 1.82) is 0 Å². The van der Waals surface area contributed by atoms with E-state index < -0.39 is 5.03 Å². The van der Waals surface area contributed by atoms with Gasteiger partial charge in [-0.3, -0.25) is 22.4 Å². The van der Waals surface area contributed by atoms with E-state index in [1.54, 1.807) is 0 Å². The molecule has 0 fully saturated rings. The van der Waals surface area contributed by atoms with Crippen LogP contribution >= 0.6 is 0 Å². The number of nitrogens with two attached hydrogens (primary N) is 3. The van der Waals surface area contributed by atoms with E-state index in [2.05, 4.69) is 26.7 Å². The van der Waals surface area contributed by atoms with Gasteiger partial charge in [0.1, 0.15) is 11.0 Å². The van der Waals surface area contributed by atoms with Gasteiger partial charge in [-0.15, -0.1) is 5.21 Å². The fraction of sp³-hybridized carbons (Fsp3) is 0.333. The summed E-state index contributed by atoms with van der Waals surface area (Å²) in [5.74, 6) is 4.42. The first-order chi connectivity index (χ1) is 6.95. The molecule has 1 aromatic heterocycles. The summed E-state index contributed by atoms with van der Waals surface area (Å²) in [6.45, 7) is 0. The van der Waals surface area contributed by atoms with Gasteiger partial charge in [0, 0.05) is 7.05 Å². The molecule has 1 rings (SSSR count). The number of rotatable bonds is 2. The van der Waals surface area contributed by atoms with E-state index in [-0.39, 0.29) is 11.9 Å². The number of nitrogens with one attached hydrogen (secondary N) is 1. The first-order valence-corrected chi connectivity index (χ1v) is 3.40. The second kappa shape index (κ2) is 5.90. The van der Waals surface area contributed by atoms with Crippen molar-refractivity contribution in [1.82, 2.24) is 20.2 Å². The highest BCUT2D eigenvalue weighted by Crippen LogP contribution is 2.05. The van der Waals surface area contributed by atoms with Gasteiger partial charge in [0.2, 0.25) is 0 Å². The van der Waals surface area contributed by atoms with Crippen LogP contribution in [-0.2, 0) is 7.05 Å². The predicted molar refractivity (Wildman–Crippen MR) is 47.3 cm³/mol. The first kappa shape index (κ1) is 12.3. The lowest BCUT2D eigenvalue weighted by Gasteiger charge is -1.91. The van der Waals surface area contributed by atoms with Crippen molar-refractivity contribution in [2.24, 2.45) is 24.4 Å². The van der Waals surface area contributed by atoms with Crippen molar-refractivity contribution in [3.63, 3.8) is 0 Å². The van der Waals surface area contributed by atoms with Crippen LogP contribution in [0.1, 0.15) is 0 Å². The zero-order valence-corrected chi connectivity index (χ0v) is 7.73. The Bertz CT molecular complexity index is 338. The van der Waals surface area contributed by atoms with Crippen LogP contribution in [0.25, 0.3) is 5.43 Å². The van der Waals surface area contributed by atoms with Crippen LogP contribution in [0.2, 0.25) is 0 Å². The summed E-state index contributed by atoms with van der Waals surface area (Å²) >= 11 is 0. The van der Waals surface area contributed by atoms with Gasteiger partial charge in [0.15, 0.2) is 0 Å². The predicted octanol–water partition coefficient (Wildman–Crippen LogP) is -4.38. The molecule has 1 aromatic rings. The van der Waals surface area contributed by atoms with E-state index in [1.807, 2.05) is 5.10 Å². The van der Waals surface area contributed by atoms with E-state index in [1.165, 1.54) is 7.05 Å². The average Bonchev–Trinajstić information content (AvgIpc) is 2.51. The van der Waals surface area contributed by atoms with Crippen LogP contribution in [0.15, 0.2) is 0 Å². The molecule has 0 saturated heterocycles. The Morgan fingerprint density at radius 2 is 2.20 bits per heavy atom. The molecule has 7 N–H and O–H groups in total. The van der Waals surface area contributed by atoms with E-state index in [4.69, 9.17) is 11.5 Å². The van der Waals surface area contributed by atoms with Gasteiger partial charge in [-0.25, -0.2) is 20.0 Å². The number of nitrogens with zero attached hydrogens (tertiary/aromatic N) is 6. The van der Waals surface area contributed by atoms with E-state index in [0.717, 1.165) is 4.80 Å². The summed E-state index contributed by atoms with van der Waals surface area (Å²) in [4.78, 5) is 10.8. The molecular weight excluding hydrogens is 208 g/mol.